The molecule has 3 aromatic heterocycles. The Balaban J connectivity index is 2.07. The van der Waals surface area contributed by atoms with E-state index in [0.717, 1.165) is 0 Å². The second kappa shape index (κ2) is 6.49. The maximum Gasteiger partial charge on any atom is 0.332 e. The summed E-state index contributed by atoms with van der Waals surface area (Å²) in [5, 5.41) is 0.615. The van der Waals surface area contributed by atoms with Crippen molar-refractivity contribution in [2.45, 2.75) is 0 Å². The molecule has 4 rings (SSSR count). The zero-order chi connectivity index (χ0) is 19.1. The molecule has 134 valence electrons. The summed E-state index contributed by atoms with van der Waals surface area (Å²) >= 11 is 12.0. The van der Waals surface area contributed by atoms with Gasteiger partial charge in [-0.05, 0) is 30.3 Å². The zero-order valence-electron chi connectivity index (χ0n) is 13.5. The predicted octanol–water partition coefficient (Wildman–Crippen LogP) is 2.58. The highest BCUT2D eigenvalue weighted by atomic mass is 35.5. The molecule has 0 aliphatic rings. The van der Waals surface area contributed by atoms with Crippen LogP contribution in [0.5, 0.6) is 0 Å². The maximum atomic E-state index is 12.6. The largest absolute Gasteiger partial charge is 0.364 e. The van der Waals surface area contributed by atoms with Crippen molar-refractivity contribution in [3.05, 3.63) is 68.9 Å². The highest BCUT2D eigenvalue weighted by Crippen LogP contribution is 2.26. The summed E-state index contributed by atoms with van der Waals surface area (Å²) < 4.78 is 1.27. The van der Waals surface area contributed by atoms with E-state index >= 15 is 0 Å². The van der Waals surface area contributed by atoms with Gasteiger partial charge in [-0.1, -0.05) is 23.2 Å². The Bertz CT molecular complexity index is 1250. The number of aromatic amines is 1. The molecule has 0 atom stereocenters. The number of benzene rings is 1. The van der Waals surface area contributed by atoms with Gasteiger partial charge >= 0.3 is 5.69 Å². The zero-order valence-corrected chi connectivity index (χ0v) is 15.0. The molecule has 1 aromatic carbocycles. The smallest absolute Gasteiger partial charge is 0.332 e. The van der Waals surface area contributed by atoms with Crippen molar-refractivity contribution >= 4 is 40.3 Å². The number of fused-ring (bicyclic) bond motifs is 1. The minimum Gasteiger partial charge on any atom is -0.364 e. The summed E-state index contributed by atoms with van der Waals surface area (Å²) in [5.74, 6) is -0.590. The fourth-order valence-corrected chi connectivity index (χ4v) is 2.94. The van der Waals surface area contributed by atoms with E-state index in [1.807, 2.05) is 0 Å². The van der Waals surface area contributed by atoms with Gasteiger partial charge in [0.2, 0.25) is 0 Å². The highest BCUT2D eigenvalue weighted by molar-refractivity contribution is 6.42. The third-order valence-electron chi connectivity index (χ3n) is 3.85. The quantitative estimate of drug-likeness (QED) is 0.547. The van der Waals surface area contributed by atoms with E-state index in [0.29, 0.717) is 16.3 Å². The first-order valence-corrected chi connectivity index (χ1v) is 8.39. The van der Waals surface area contributed by atoms with Crippen LogP contribution in [0.1, 0.15) is 10.5 Å². The van der Waals surface area contributed by atoms with Crippen molar-refractivity contribution in [1.29, 1.82) is 0 Å². The van der Waals surface area contributed by atoms with Gasteiger partial charge < -0.3 is 10.7 Å². The van der Waals surface area contributed by atoms with Crippen molar-refractivity contribution in [3.8, 4) is 17.1 Å². The summed E-state index contributed by atoms with van der Waals surface area (Å²) in [4.78, 5) is 39.7. The summed E-state index contributed by atoms with van der Waals surface area (Å²) in [6.07, 6.45) is 3.14. The molecule has 0 saturated carbocycles. The van der Waals surface area contributed by atoms with Crippen LogP contribution in [-0.2, 0) is 0 Å². The normalized spacial score (nSPS) is 11.0. The van der Waals surface area contributed by atoms with Crippen LogP contribution in [0, 0.1) is 0 Å². The number of pyridine rings is 1. The van der Waals surface area contributed by atoms with Crippen LogP contribution in [-0.4, -0.2) is 30.4 Å². The van der Waals surface area contributed by atoms with Gasteiger partial charge in [-0.25, -0.2) is 19.3 Å². The Kier molecular flexibility index (Phi) is 4.14. The standard InChI is InChI=1S/C17H10Cl2N6O2/c18-10-4-3-9(6-11(10)19)25-16-13(23-17(25)27)12(14(20)26)22-15(24-16)8-2-1-5-21-7-8/h1-7H,(H2,20,26)(H,23,27). The van der Waals surface area contributed by atoms with Crippen LogP contribution in [0.4, 0.5) is 0 Å². The maximum absolute atomic E-state index is 12.6. The Morgan fingerprint density at radius 1 is 1.15 bits per heavy atom. The second-order valence-corrected chi connectivity index (χ2v) is 6.38. The number of nitrogens with zero attached hydrogens (tertiary/aromatic N) is 4. The number of amides is 1. The number of aromatic nitrogens is 5. The van der Waals surface area contributed by atoms with Crippen molar-refractivity contribution < 1.29 is 4.79 Å². The molecular weight excluding hydrogens is 391 g/mol. The average Bonchev–Trinajstić information content (AvgIpc) is 2.99. The first kappa shape index (κ1) is 17.2. The van der Waals surface area contributed by atoms with E-state index in [1.165, 1.54) is 10.6 Å². The van der Waals surface area contributed by atoms with E-state index in [4.69, 9.17) is 28.9 Å². The van der Waals surface area contributed by atoms with Crippen LogP contribution >= 0.6 is 23.2 Å². The van der Waals surface area contributed by atoms with Crippen molar-refractivity contribution in [1.82, 2.24) is 24.5 Å². The SMILES string of the molecule is NC(=O)c1nc(-c2cccnc2)nc2c1[nH]c(=O)n2-c1ccc(Cl)c(Cl)c1. The van der Waals surface area contributed by atoms with Crippen LogP contribution in [0.2, 0.25) is 10.0 Å². The van der Waals surface area contributed by atoms with Gasteiger partial charge in [0.05, 0.1) is 15.7 Å². The molecule has 27 heavy (non-hydrogen) atoms. The molecule has 0 aliphatic heterocycles. The monoisotopic (exact) mass is 400 g/mol. The summed E-state index contributed by atoms with van der Waals surface area (Å²) in [6, 6.07) is 8.12. The number of carbonyl (C=O) groups is 1. The van der Waals surface area contributed by atoms with Crippen LogP contribution in [0.3, 0.4) is 0 Å². The molecule has 1 amide bonds. The first-order chi connectivity index (χ1) is 13.0. The average molecular weight is 401 g/mol. The van der Waals surface area contributed by atoms with Crippen molar-refractivity contribution in [3.63, 3.8) is 0 Å². The molecule has 0 saturated heterocycles. The molecule has 0 spiro atoms. The van der Waals surface area contributed by atoms with Gasteiger partial charge in [-0.3, -0.25) is 9.78 Å². The molecule has 0 unspecified atom stereocenters. The number of nitrogens with one attached hydrogen (secondary N) is 1. The molecule has 3 heterocycles. The molecule has 8 nitrogen and oxygen atoms in total. The summed E-state index contributed by atoms with van der Waals surface area (Å²) in [6.45, 7) is 0. The number of hydrogen-bond acceptors (Lipinski definition) is 5. The molecule has 0 radical (unpaired) electrons. The Morgan fingerprint density at radius 3 is 2.63 bits per heavy atom. The molecule has 0 aliphatic carbocycles. The van der Waals surface area contributed by atoms with Crippen LogP contribution in [0.15, 0.2) is 47.5 Å². The molecule has 3 N–H and O–H groups in total. The van der Waals surface area contributed by atoms with Gasteiger partial charge in [0.1, 0.15) is 5.52 Å². The lowest BCUT2D eigenvalue weighted by atomic mass is 10.2. The lowest BCUT2D eigenvalue weighted by Gasteiger charge is -2.07. The summed E-state index contributed by atoms with van der Waals surface area (Å²) in [7, 11) is 0. The van der Waals surface area contributed by atoms with Gasteiger partial charge in [0.25, 0.3) is 5.91 Å². The number of halogens is 2. The van der Waals surface area contributed by atoms with Crippen molar-refractivity contribution in [2.24, 2.45) is 5.73 Å². The predicted molar refractivity (Wildman–Crippen MR) is 101 cm³/mol. The molecular formula is C17H10Cl2N6O2. The number of H-pyrrole nitrogens is 1. The highest BCUT2D eigenvalue weighted by Gasteiger charge is 2.20. The number of rotatable bonds is 3. The Morgan fingerprint density at radius 2 is 1.96 bits per heavy atom. The minimum atomic E-state index is -0.796. The van der Waals surface area contributed by atoms with Crippen LogP contribution in [0.25, 0.3) is 28.2 Å². The topological polar surface area (TPSA) is 120 Å². The second-order valence-electron chi connectivity index (χ2n) is 5.56. The fourth-order valence-electron chi connectivity index (χ4n) is 2.65. The minimum absolute atomic E-state index is 0.102. The van der Waals surface area contributed by atoms with Crippen molar-refractivity contribution in [2.75, 3.05) is 0 Å². The fraction of sp³-hybridized carbons (Fsp3) is 0. The first-order valence-electron chi connectivity index (χ1n) is 7.64. The van der Waals surface area contributed by atoms with E-state index in [2.05, 4.69) is 19.9 Å². The van der Waals surface area contributed by atoms with Gasteiger partial charge in [-0.15, -0.1) is 0 Å². The third-order valence-corrected chi connectivity index (χ3v) is 4.59. The number of primary amides is 1. The van der Waals surface area contributed by atoms with Gasteiger partial charge in [-0.2, -0.15) is 0 Å². The molecule has 0 fully saturated rings. The van der Waals surface area contributed by atoms with Gasteiger partial charge in [0, 0.05) is 18.0 Å². The van der Waals surface area contributed by atoms with E-state index in [9.17, 15) is 9.59 Å². The van der Waals surface area contributed by atoms with E-state index < -0.39 is 11.6 Å². The number of hydrogen-bond donors (Lipinski definition) is 2. The van der Waals surface area contributed by atoms with E-state index in [-0.39, 0.29) is 27.7 Å². The number of imidazole rings is 1. The number of nitrogens with two attached hydrogens (primary N) is 1. The van der Waals surface area contributed by atoms with Crippen LogP contribution < -0.4 is 11.4 Å². The lowest BCUT2D eigenvalue weighted by Crippen LogP contribution is -2.15. The third kappa shape index (κ3) is 2.94. The Labute approximate surface area is 161 Å². The molecule has 4 aromatic rings. The van der Waals surface area contributed by atoms with Gasteiger partial charge in [0.15, 0.2) is 17.2 Å². The Hall–Kier alpha value is -3.23. The summed E-state index contributed by atoms with van der Waals surface area (Å²) in [5.41, 5.74) is 6.13. The van der Waals surface area contributed by atoms with E-state index in [1.54, 1.807) is 36.7 Å². The molecule has 10 heteroatoms. The lowest BCUT2D eigenvalue weighted by molar-refractivity contribution is 0.0997. The molecule has 0 bridgehead atoms. The number of carbonyl (C=O) groups excluding carboxylic acids is 1.